The highest BCUT2D eigenvalue weighted by molar-refractivity contribution is 5.87. The van der Waals surface area contributed by atoms with Gasteiger partial charge in [-0.05, 0) is 80.0 Å². The molecule has 0 saturated heterocycles. The fourth-order valence-corrected chi connectivity index (χ4v) is 8.02. The fourth-order valence-electron chi connectivity index (χ4n) is 8.02. The van der Waals surface area contributed by atoms with Gasteiger partial charge in [-0.25, -0.2) is 0 Å². The maximum atomic E-state index is 13.1. The number of carbonyl (C=O) groups is 1. The standard InChI is InChI=1S/C24H34O3/c1-23-9-7-16(25)11-15(23)12-19(26)21-17(23)8-10-24(2)18(21)13-20(27)22(24)14-5-3-4-6-14/h5,12,16-19,21-22,25-26H,3-4,6-11,13H2,1-2H3/t16-,17?,18?,19?,21?,22-,23-,24-/m0/s1. The average Bonchev–Trinajstić information content (AvgIpc) is 3.21. The van der Waals surface area contributed by atoms with Crippen LogP contribution in [-0.2, 0) is 4.79 Å². The summed E-state index contributed by atoms with van der Waals surface area (Å²) in [6.07, 6.45) is 12.6. The Morgan fingerprint density at radius 2 is 1.89 bits per heavy atom. The zero-order valence-corrected chi connectivity index (χ0v) is 16.8. The second-order valence-electron chi connectivity index (χ2n) is 10.6. The molecule has 3 saturated carbocycles. The van der Waals surface area contributed by atoms with Crippen molar-refractivity contribution in [2.45, 2.75) is 83.8 Å². The lowest BCUT2D eigenvalue weighted by atomic mass is 9.46. The minimum atomic E-state index is -0.461. The molecule has 3 fully saturated rings. The van der Waals surface area contributed by atoms with Crippen molar-refractivity contribution in [2.75, 3.05) is 0 Å². The van der Waals surface area contributed by atoms with Crippen molar-refractivity contribution in [3.8, 4) is 0 Å². The first-order chi connectivity index (χ1) is 12.8. The number of aliphatic hydroxyl groups is 2. The molecule has 0 aromatic carbocycles. The van der Waals surface area contributed by atoms with E-state index in [-0.39, 0.29) is 28.8 Å². The summed E-state index contributed by atoms with van der Waals surface area (Å²) < 4.78 is 0. The lowest BCUT2D eigenvalue weighted by Gasteiger charge is -2.58. The van der Waals surface area contributed by atoms with Gasteiger partial charge in [-0.2, -0.15) is 0 Å². The minimum absolute atomic E-state index is 0.0191. The molecule has 0 bridgehead atoms. The normalized spacial score (nSPS) is 51.9. The summed E-state index contributed by atoms with van der Waals surface area (Å²) in [7, 11) is 0. The first kappa shape index (κ1) is 18.1. The molecule has 8 atom stereocenters. The summed E-state index contributed by atoms with van der Waals surface area (Å²) in [5.74, 6) is 1.48. The molecule has 148 valence electrons. The SMILES string of the molecule is C[C@]12CC[C@H](O)CC1=CC(O)C1C2CC[C@@]2(C)C1CC(=O)[C@@H]2C1=CCCC1. The monoisotopic (exact) mass is 370 g/mol. The van der Waals surface area contributed by atoms with Crippen molar-refractivity contribution in [1.29, 1.82) is 0 Å². The Labute approximate surface area is 162 Å². The smallest absolute Gasteiger partial charge is 0.140 e. The van der Waals surface area contributed by atoms with Crippen LogP contribution >= 0.6 is 0 Å². The number of fused-ring (bicyclic) bond motifs is 5. The van der Waals surface area contributed by atoms with Crippen molar-refractivity contribution >= 4 is 5.78 Å². The summed E-state index contributed by atoms with van der Waals surface area (Å²) in [6.45, 7) is 4.71. The van der Waals surface area contributed by atoms with Crippen LogP contribution in [0.5, 0.6) is 0 Å². The van der Waals surface area contributed by atoms with Crippen molar-refractivity contribution < 1.29 is 15.0 Å². The van der Waals surface area contributed by atoms with E-state index in [9.17, 15) is 15.0 Å². The van der Waals surface area contributed by atoms with Crippen LogP contribution < -0.4 is 0 Å². The third-order valence-electron chi connectivity index (χ3n) is 9.39. The van der Waals surface area contributed by atoms with Gasteiger partial charge >= 0.3 is 0 Å². The molecule has 0 spiro atoms. The van der Waals surface area contributed by atoms with Gasteiger partial charge < -0.3 is 10.2 Å². The van der Waals surface area contributed by atoms with E-state index in [0.29, 0.717) is 30.5 Å². The maximum Gasteiger partial charge on any atom is 0.140 e. The molecule has 0 heterocycles. The highest BCUT2D eigenvalue weighted by atomic mass is 16.3. The van der Waals surface area contributed by atoms with E-state index in [0.717, 1.165) is 38.5 Å². The Morgan fingerprint density at radius 1 is 1.07 bits per heavy atom. The third kappa shape index (κ3) is 2.43. The molecule has 3 nitrogen and oxygen atoms in total. The molecule has 5 aliphatic rings. The summed E-state index contributed by atoms with van der Waals surface area (Å²) >= 11 is 0. The maximum absolute atomic E-state index is 13.1. The van der Waals surface area contributed by atoms with Crippen LogP contribution in [0.4, 0.5) is 0 Å². The van der Waals surface area contributed by atoms with Gasteiger partial charge in [0.1, 0.15) is 5.78 Å². The van der Waals surface area contributed by atoms with Gasteiger partial charge in [-0.3, -0.25) is 4.79 Å². The second-order valence-corrected chi connectivity index (χ2v) is 10.6. The van der Waals surface area contributed by atoms with Crippen LogP contribution in [0.25, 0.3) is 0 Å². The first-order valence-electron chi connectivity index (χ1n) is 11.1. The van der Waals surface area contributed by atoms with Crippen molar-refractivity contribution in [2.24, 2.45) is 34.5 Å². The number of allylic oxidation sites excluding steroid dienone is 2. The van der Waals surface area contributed by atoms with E-state index in [1.54, 1.807) is 0 Å². The number of rotatable bonds is 1. The van der Waals surface area contributed by atoms with Gasteiger partial charge in [0.2, 0.25) is 0 Å². The number of aliphatic hydroxyl groups excluding tert-OH is 2. The second kappa shape index (κ2) is 6.03. The molecule has 3 heteroatoms. The number of ketones is 1. The molecular formula is C24H34O3. The Hall–Kier alpha value is -0.930. The van der Waals surface area contributed by atoms with E-state index in [1.807, 2.05) is 0 Å². The van der Waals surface area contributed by atoms with Crippen LogP contribution in [-0.4, -0.2) is 28.2 Å². The molecule has 0 aromatic rings. The van der Waals surface area contributed by atoms with Crippen molar-refractivity contribution in [3.63, 3.8) is 0 Å². The zero-order chi connectivity index (χ0) is 19.0. The topological polar surface area (TPSA) is 57.5 Å². The van der Waals surface area contributed by atoms with Crippen LogP contribution in [0.2, 0.25) is 0 Å². The van der Waals surface area contributed by atoms with E-state index in [2.05, 4.69) is 26.0 Å². The molecule has 0 aromatic heterocycles. The van der Waals surface area contributed by atoms with Crippen LogP contribution in [0, 0.1) is 34.5 Å². The van der Waals surface area contributed by atoms with Crippen molar-refractivity contribution in [3.05, 3.63) is 23.3 Å². The molecule has 4 unspecified atom stereocenters. The number of Topliss-reactive ketones (excluding diaryl/α,β-unsaturated/α-hetero) is 1. The van der Waals surface area contributed by atoms with E-state index >= 15 is 0 Å². The van der Waals surface area contributed by atoms with Crippen LogP contribution in [0.1, 0.15) is 71.6 Å². The van der Waals surface area contributed by atoms with Gasteiger partial charge in [-0.15, -0.1) is 0 Å². The Balaban J connectivity index is 1.53. The van der Waals surface area contributed by atoms with Gasteiger partial charge in [-0.1, -0.05) is 37.1 Å². The lowest BCUT2D eigenvalue weighted by Crippen LogP contribution is -2.54. The fraction of sp³-hybridized carbons (Fsp3) is 0.792. The molecule has 0 amide bonds. The number of carbonyl (C=O) groups excluding carboxylic acids is 1. The lowest BCUT2D eigenvalue weighted by molar-refractivity contribution is -0.121. The van der Waals surface area contributed by atoms with Gasteiger partial charge in [0.15, 0.2) is 0 Å². The number of hydrogen-bond donors (Lipinski definition) is 2. The molecule has 0 aliphatic heterocycles. The highest BCUT2D eigenvalue weighted by Gasteiger charge is 2.63. The molecule has 2 N–H and O–H groups in total. The zero-order valence-electron chi connectivity index (χ0n) is 16.8. The molecule has 0 radical (unpaired) electrons. The summed E-state index contributed by atoms with van der Waals surface area (Å²) in [5, 5.41) is 21.3. The summed E-state index contributed by atoms with van der Waals surface area (Å²) in [5.41, 5.74) is 2.79. The predicted octanol–water partition coefficient (Wildman–Crippen LogP) is 4.19. The predicted molar refractivity (Wildman–Crippen MR) is 105 cm³/mol. The van der Waals surface area contributed by atoms with Gasteiger partial charge in [0, 0.05) is 12.3 Å². The van der Waals surface area contributed by atoms with E-state index in [1.165, 1.54) is 17.6 Å². The van der Waals surface area contributed by atoms with E-state index in [4.69, 9.17) is 0 Å². The minimum Gasteiger partial charge on any atom is -0.393 e. The van der Waals surface area contributed by atoms with Gasteiger partial charge in [0.25, 0.3) is 0 Å². The third-order valence-corrected chi connectivity index (χ3v) is 9.39. The quantitative estimate of drug-likeness (QED) is 0.681. The molecule has 5 rings (SSSR count). The van der Waals surface area contributed by atoms with Crippen LogP contribution in [0.3, 0.4) is 0 Å². The summed E-state index contributed by atoms with van der Waals surface area (Å²) in [4.78, 5) is 13.1. The molecule has 27 heavy (non-hydrogen) atoms. The largest absolute Gasteiger partial charge is 0.393 e. The van der Waals surface area contributed by atoms with Crippen LogP contribution in [0.15, 0.2) is 23.3 Å². The average molecular weight is 371 g/mol. The summed E-state index contributed by atoms with van der Waals surface area (Å²) in [6, 6.07) is 0. The van der Waals surface area contributed by atoms with Gasteiger partial charge in [0.05, 0.1) is 12.2 Å². The Kier molecular flexibility index (Phi) is 4.05. The van der Waals surface area contributed by atoms with Crippen molar-refractivity contribution in [1.82, 2.24) is 0 Å². The molecular weight excluding hydrogens is 336 g/mol. The first-order valence-corrected chi connectivity index (χ1v) is 11.1. The Morgan fingerprint density at radius 3 is 2.63 bits per heavy atom. The molecule has 5 aliphatic carbocycles. The number of hydrogen-bond acceptors (Lipinski definition) is 3. The highest BCUT2D eigenvalue weighted by Crippen LogP contribution is 2.66. The van der Waals surface area contributed by atoms with E-state index < -0.39 is 6.10 Å². The Bertz CT molecular complexity index is 721.